The van der Waals surface area contributed by atoms with Gasteiger partial charge in [-0.3, -0.25) is 4.79 Å². The number of fused-ring (bicyclic) bond motifs is 1. The molecule has 3 aromatic rings. The van der Waals surface area contributed by atoms with Crippen molar-refractivity contribution in [2.24, 2.45) is 0 Å². The van der Waals surface area contributed by atoms with E-state index in [1.54, 1.807) is 11.4 Å². The molecule has 7 nitrogen and oxygen atoms in total. The van der Waals surface area contributed by atoms with Crippen LogP contribution < -0.4 is 10.1 Å². The lowest BCUT2D eigenvalue weighted by molar-refractivity contribution is -0.113. The summed E-state index contributed by atoms with van der Waals surface area (Å²) in [5, 5.41) is 5.09. The number of nitrogens with zero attached hydrogens (tertiary/aromatic N) is 1. The summed E-state index contributed by atoms with van der Waals surface area (Å²) in [4.78, 5) is 31.8. The van der Waals surface area contributed by atoms with E-state index in [0.29, 0.717) is 22.3 Å². The van der Waals surface area contributed by atoms with Gasteiger partial charge in [0.1, 0.15) is 10.6 Å². The summed E-state index contributed by atoms with van der Waals surface area (Å²) >= 11 is 2.50. The number of benzene rings is 1. The number of methoxy groups -OCH3 is 1. The molecule has 0 unspecified atom stereocenters. The van der Waals surface area contributed by atoms with Crippen molar-refractivity contribution in [1.82, 2.24) is 9.97 Å². The number of carbonyl (C=O) groups excluding carboxylic acids is 2. The molecule has 0 bridgehead atoms. The van der Waals surface area contributed by atoms with Crippen LogP contribution in [0.1, 0.15) is 16.6 Å². The molecule has 1 amide bonds. The third-order valence-electron chi connectivity index (χ3n) is 3.39. The summed E-state index contributed by atoms with van der Waals surface area (Å²) in [6.07, 6.45) is 0. The van der Waals surface area contributed by atoms with Gasteiger partial charge < -0.3 is 19.8 Å². The van der Waals surface area contributed by atoms with E-state index < -0.39 is 5.97 Å². The minimum atomic E-state index is -0.467. The molecule has 0 saturated heterocycles. The Morgan fingerprint density at radius 3 is 2.96 bits per heavy atom. The lowest BCUT2D eigenvalue weighted by Gasteiger charge is -2.04. The number of anilines is 1. The van der Waals surface area contributed by atoms with Crippen molar-refractivity contribution in [2.45, 2.75) is 12.1 Å². The number of thiophene rings is 1. The predicted molar refractivity (Wildman–Crippen MR) is 102 cm³/mol. The predicted octanol–water partition coefficient (Wildman–Crippen LogP) is 3.54. The fraction of sp³-hybridized carbons (Fsp3) is 0.235. The van der Waals surface area contributed by atoms with Crippen molar-refractivity contribution in [3.8, 4) is 5.75 Å². The molecule has 3 rings (SSSR count). The molecule has 2 aromatic heterocycles. The standard InChI is InChI=1S/C17H17N3O4S2/c1-3-24-10-4-5-11-13(8-10)20-17(19-11)26-9-14(21)18-12-6-7-25-15(12)16(22)23-2/h4-8H,3,9H2,1-2H3,(H,18,21)(H,19,20). The lowest BCUT2D eigenvalue weighted by atomic mass is 10.3. The fourth-order valence-electron chi connectivity index (χ4n) is 2.27. The van der Waals surface area contributed by atoms with Crippen molar-refractivity contribution in [3.05, 3.63) is 34.5 Å². The summed E-state index contributed by atoms with van der Waals surface area (Å²) in [7, 11) is 1.31. The Morgan fingerprint density at radius 1 is 1.35 bits per heavy atom. The smallest absolute Gasteiger partial charge is 0.350 e. The molecule has 136 valence electrons. The van der Waals surface area contributed by atoms with E-state index in [0.717, 1.165) is 16.8 Å². The number of imidazole rings is 1. The number of amides is 1. The fourth-order valence-corrected chi connectivity index (χ4v) is 3.72. The van der Waals surface area contributed by atoms with Gasteiger partial charge in [-0.15, -0.1) is 11.3 Å². The monoisotopic (exact) mass is 391 g/mol. The molecule has 0 aliphatic rings. The van der Waals surface area contributed by atoms with E-state index in [-0.39, 0.29) is 11.7 Å². The van der Waals surface area contributed by atoms with Crippen LogP contribution in [0.15, 0.2) is 34.8 Å². The highest BCUT2D eigenvalue weighted by molar-refractivity contribution is 7.99. The minimum Gasteiger partial charge on any atom is -0.494 e. The summed E-state index contributed by atoms with van der Waals surface area (Å²) in [6, 6.07) is 7.29. The van der Waals surface area contributed by atoms with E-state index >= 15 is 0 Å². The average Bonchev–Trinajstić information content (AvgIpc) is 3.25. The van der Waals surface area contributed by atoms with Crippen molar-refractivity contribution < 1.29 is 19.1 Å². The van der Waals surface area contributed by atoms with Gasteiger partial charge in [-0.25, -0.2) is 9.78 Å². The number of carbonyl (C=O) groups is 2. The maximum atomic E-state index is 12.2. The van der Waals surface area contributed by atoms with Crippen molar-refractivity contribution in [1.29, 1.82) is 0 Å². The second-order valence-electron chi connectivity index (χ2n) is 5.15. The third-order valence-corrected chi connectivity index (χ3v) is 5.16. The Bertz CT molecular complexity index is 935. The zero-order valence-corrected chi connectivity index (χ0v) is 15.8. The van der Waals surface area contributed by atoms with E-state index in [1.807, 2.05) is 25.1 Å². The van der Waals surface area contributed by atoms with Crippen LogP contribution in [0.5, 0.6) is 5.75 Å². The summed E-state index contributed by atoms with van der Waals surface area (Å²) in [6.45, 7) is 2.52. The highest BCUT2D eigenvalue weighted by Gasteiger charge is 2.16. The summed E-state index contributed by atoms with van der Waals surface area (Å²) in [5.74, 6) is 0.235. The Hall–Kier alpha value is -2.52. The zero-order chi connectivity index (χ0) is 18.5. The molecule has 0 atom stereocenters. The Balaban J connectivity index is 1.62. The highest BCUT2D eigenvalue weighted by Crippen LogP contribution is 2.25. The maximum Gasteiger partial charge on any atom is 0.350 e. The van der Waals surface area contributed by atoms with Crippen LogP contribution in [0, 0.1) is 0 Å². The molecule has 2 heterocycles. The number of esters is 1. The Morgan fingerprint density at radius 2 is 2.19 bits per heavy atom. The number of nitrogens with one attached hydrogen (secondary N) is 2. The molecule has 0 spiro atoms. The van der Waals surface area contributed by atoms with Gasteiger partial charge in [0, 0.05) is 6.07 Å². The minimum absolute atomic E-state index is 0.161. The molecule has 26 heavy (non-hydrogen) atoms. The number of hydrogen-bond donors (Lipinski definition) is 2. The first-order valence-electron chi connectivity index (χ1n) is 7.81. The summed E-state index contributed by atoms with van der Waals surface area (Å²) < 4.78 is 10.2. The summed E-state index contributed by atoms with van der Waals surface area (Å²) in [5.41, 5.74) is 2.12. The van der Waals surface area contributed by atoms with Gasteiger partial charge in [0.15, 0.2) is 5.16 Å². The third kappa shape index (κ3) is 4.17. The Labute approximate surface area is 158 Å². The van der Waals surface area contributed by atoms with Crippen LogP contribution in [0.2, 0.25) is 0 Å². The zero-order valence-electron chi connectivity index (χ0n) is 14.2. The number of aromatic nitrogens is 2. The van der Waals surface area contributed by atoms with Crippen LogP contribution in [0.25, 0.3) is 11.0 Å². The van der Waals surface area contributed by atoms with Crippen molar-refractivity contribution in [3.63, 3.8) is 0 Å². The molecule has 0 aliphatic carbocycles. The van der Waals surface area contributed by atoms with Gasteiger partial charge in [0.2, 0.25) is 5.91 Å². The number of rotatable bonds is 7. The average molecular weight is 391 g/mol. The molecular weight excluding hydrogens is 374 g/mol. The van der Waals surface area contributed by atoms with Gasteiger partial charge in [0.05, 0.1) is 36.2 Å². The van der Waals surface area contributed by atoms with E-state index in [1.165, 1.54) is 30.2 Å². The van der Waals surface area contributed by atoms with Gasteiger partial charge >= 0.3 is 5.97 Å². The largest absolute Gasteiger partial charge is 0.494 e. The van der Waals surface area contributed by atoms with Crippen LogP contribution in [-0.4, -0.2) is 41.3 Å². The lowest BCUT2D eigenvalue weighted by Crippen LogP contribution is -2.15. The SMILES string of the molecule is CCOc1ccc2nc(SCC(=O)Nc3ccsc3C(=O)OC)[nH]c2c1. The number of thioether (sulfide) groups is 1. The number of ether oxygens (including phenoxy) is 2. The van der Waals surface area contributed by atoms with Crippen LogP contribution in [0.3, 0.4) is 0 Å². The number of aromatic amines is 1. The second-order valence-corrected chi connectivity index (χ2v) is 7.03. The second kappa shape index (κ2) is 8.24. The first-order chi connectivity index (χ1) is 12.6. The van der Waals surface area contributed by atoms with Crippen LogP contribution in [-0.2, 0) is 9.53 Å². The molecule has 9 heteroatoms. The van der Waals surface area contributed by atoms with Crippen LogP contribution in [0.4, 0.5) is 5.69 Å². The number of H-pyrrole nitrogens is 1. The Kier molecular flexibility index (Phi) is 5.79. The molecule has 0 saturated carbocycles. The molecule has 1 aromatic carbocycles. The quantitative estimate of drug-likeness (QED) is 0.473. The number of hydrogen-bond acceptors (Lipinski definition) is 7. The first kappa shape index (κ1) is 18.3. The maximum absolute atomic E-state index is 12.2. The molecule has 2 N–H and O–H groups in total. The highest BCUT2D eigenvalue weighted by atomic mass is 32.2. The van der Waals surface area contributed by atoms with Crippen molar-refractivity contribution >= 4 is 51.7 Å². The van der Waals surface area contributed by atoms with E-state index in [2.05, 4.69) is 15.3 Å². The van der Waals surface area contributed by atoms with Crippen LogP contribution >= 0.6 is 23.1 Å². The molecule has 0 fully saturated rings. The molecular formula is C17H17N3O4S2. The molecule has 0 aliphatic heterocycles. The van der Waals surface area contributed by atoms with Gasteiger partial charge in [-0.05, 0) is 30.5 Å². The van der Waals surface area contributed by atoms with Gasteiger partial charge in [-0.2, -0.15) is 0 Å². The normalized spacial score (nSPS) is 10.7. The van der Waals surface area contributed by atoms with E-state index in [9.17, 15) is 9.59 Å². The van der Waals surface area contributed by atoms with Gasteiger partial charge in [0.25, 0.3) is 0 Å². The molecule has 0 radical (unpaired) electrons. The topological polar surface area (TPSA) is 93.3 Å². The van der Waals surface area contributed by atoms with Gasteiger partial charge in [-0.1, -0.05) is 11.8 Å². The first-order valence-corrected chi connectivity index (χ1v) is 9.68. The van der Waals surface area contributed by atoms with Crippen molar-refractivity contribution in [2.75, 3.05) is 24.8 Å². The van der Waals surface area contributed by atoms with E-state index in [4.69, 9.17) is 9.47 Å².